The van der Waals surface area contributed by atoms with Gasteiger partial charge >= 0.3 is 0 Å². The molecule has 0 saturated heterocycles. The lowest BCUT2D eigenvalue weighted by molar-refractivity contribution is 0.0940. The van der Waals surface area contributed by atoms with Crippen LogP contribution in [0, 0.1) is 0 Å². The highest BCUT2D eigenvalue weighted by Gasteiger charge is 2.24. The zero-order chi connectivity index (χ0) is 27.6. The summed E-state index contributed by atoms with van der Waals surface area (Å²) in [6.07, 6.45) is 7.83. The van der Waals surface area contributed by atoms with Crippen LogP contribution >= 0.6 is 0 Å². The first-order valence-electron chi connectivity index (χ1n) is 12.1. The number of rotatable bonds is 8. The normalized spacial score (nSPS) is 11.4. The minimum atomic E-state index is -3.29. The van der Waals surface area contributed by atoms with E-state index < -0.39 is 9.84 Å². The summed E-state index contributed by atoms with van der Waals surface area (Å²) in [5, 5.41) is 10.00. The van der Waals surface area contributed by atoms with Gasteiger partial charge in [0.1, 0.15) is 11.4 Å². The van der Waals surface area contributed by atoms with E-state index in [0.717, 1.165) is 11.8 Å². The van der Waals surface area contributed by atoms with Crippen LogP contribution < -0.4 is 10.6 Å². The summed E-state index contributed by atoms with van der Waals surface area (Å²) in [5.41, 5.74) is 3.25. The maximum Gasteiger partial charge on any atom is 0.270 e. The van der Waals surface area contributed by atoms with Crippen molar-refractivity contribution in [2.75, 3.05) is 12.8 Å². The Labute approximate surface area is 224 Å². The van der Waals surface area contributed by atoms with Crippen LogP contribution in [0.2, 0.25) is 0 Å². The highest BCUT2D eigenvalue weighted by atomic mass is 32.2. The van der Waals surface area contributed by atoms with Crippen molar-refractivity contribution in [3.8, 4) is 17.1 Å². The van der Waals surface area contributed by atoms with Crippen LogP contribution in [0.1, 0.15) is 33.3 Å². The van der Waals surface area contributed by atoms with Crippen LogP contribution in [0.3, 0.4) is 0 Å². The lowest BCUT2D eigenvalue weighted by atomic mass is 10.2. The number of nitrogens with zero attached hydrogens (tertiary/aromatic N) is 5. The summed E-state index contributed by atoms with van der Waals surface area (Å²) in [4.78, 5) is 35.4. The Kier molecular flexibility index (Phi) is 6.94. The molecule has 0 aliphatic heterocycles. The lowest BCUT2D eigenvalue weighted by Crippen LogP contribution is -2.25. The highest BCUT2D eigenvalue weighted by Crippen LogP contribution is 2.25. The summed E-state index contributed by atoms with van der Waals surface area (Å²) in [6, 6.07) is 15.0. The van der Waals surface area contributed by atoms with Crippen molar-refractivity contribution in [2.24, 2.45) is 0 Å². The molecule has 0 unspecified atom stereocenters. The van der Waals surface area contributed by atoms with E-state index in [0.29, 0.717) is 40.5 Å². The number of hydrogen-bond donors (Lipinski definition) is 2. The van der Waals surface area contributed by atoms with Crippen LogP contribution in [0.15, 0.2) is 84.3 Å². The Morgan fingerprint density at radius 2 is 1.77 bits per heavy atom. The van der Waals surface area contributed by atoms with E-state index in [-0.39, 0.29) is 23.3 Å². The van der Waals surface area contributed by atoms with Crippen molar-refractivity contribution in [3.63, 3.8) is 0 Å². The molecule has 198 valence electrons. The van der Waals surface area contributed by atoms with Crippen LogP contribution in [0.4, 0.5) is 0 Å². The first-order chi connectivity index (χ1) is 18.8. The number of imidazole rings is 1. The summed E-state index contributed by atoms with van der Waals surface area (Å²) in [6.45, 7) is 2.45. The van der Waals surface area contributed by atoms with Crippen molar-refractivity contribution < 1.29 is 18.0 Å². The summed E-state index contributed by atoms with van der Waals surface area (Å²) in [7, 11) is -3.29. The third-order valence-corrected chi connectivity index (χ3v) is 7.10. The van der Waals surface area contributed by atoms with E-state index in [2.05, 4.69) is 25.7 Å². The van der Waals surface area contributed by atoms with E-state index in [4.69, 9.17) is 0 Å². The molecular formula is C27H25N7O4S. The van der Waals surface area contributed by atoms with Gasteiger partial charge in [0.2, 0.25) is 0 Å². The molecule has 12 heteroatoms. The first kappa shape index (κ1) is 25.8. The van der Waals surface area contributed by atoms with Crippen molar-refractivity contribution in [1.29, 1.82) is 0 Å². The number of hydrogen-bond acceptors (Lipinski definition) is 7. The Morgan fingerprint density at radius 3 is 2.46 bits per heavy atom. The molecule has 5 aromatic rings. The van der Waals surface area contributed by atoms with Crippen molar-refractivity contribution in [1.82, 2.24) is 34.8 Å². The fourth-order valence-electron chi connectivity index (χ4n) is 4.10. The molecule has 0 fully saturated rings. The van der Waals surface area contributed by atoms with Crippen LogP contribution in [-0.4, -0.2) is 57.2 Å². The molecule has 2 amide bonds. The van der Waals surface area contributed by atoms with Crippen molar-refractivity contribution in [2.45, 2.75) is 18.4 Å². The number of benzene rings is 1. The maximum atomic E-state index is 13.2. The second kappa shape index (κ2) is 10.5. The molecule has 4 aromatic heterocycles. The zero-order valence-electron chi connectivity index (χ0n) is 21.2. The molecule has 0 bridgehead atoms. The van der Waals surface area contributed by atoms with Gasteiger partial charge in [0.05, 0.1) is 28.0 Å². The fourth-order valence-corrected chi connectivity index (χ4v) is 4.73. The summed E-state index contributed by atoms with van der Waals surface area (Å²) >= 11 is 0. The van der Waals surface area contributed by atoms with Gasteiger partial charge in [-0.3, -0.25) is 19.0 Å². The molecule has 0 saturated carbocycles. The van der Waals surface area contributed by atoms with Crippen LogP contribution in [-0.2, 0) is 16.4 Å². The molecule has 0 radical (unpaired) electrons. The van der Waals surface area contributed by atoms with E-state index in [1.807, 2.05) is 13.0 Å². The van der Waals surface area contributed by atoms with Crippen molar-refractivity contribution >= 4 is 27.3 Å². The Morgan fingerprint density at radius 1 is 0.974 bits per heavy atom. The van der Waals surface area contributed by atoms with Gasteiger partial charge in [0, 0.05) is 43.5 Å². The van der Waals surface area contributed by atoms with E-state index in [1.54, 1.807) is 70.3 Å². The standard InChI is InChI=1S/C27H25N7O4S/c1-3-28-27(36)24-23(22-8-4-5-13-29-22)32-25-21(7-6-14-33(24)25)26(35)30-15-18-16-31-34(17-18)19-9-11-20(12-10-19)39(2,37)38/h4-14,16-17H,3,15H2,1-2H3,(H,28,36)(H,30,35). The molecule has 0 aliphatic carbocycles. The van der Waals surface area contributed by atoms with Crippen LogP contribution in [0.25, 0.3) is 22.7 Å². The van der Waals surface area contributed by atoms with Gasteiger partial charge in [-0.05, 0) is 55.5 Å². The fraction of sp³-hybridized carbons (Fsp3) is 0.148. The molecule has 4 heterocycles. The maximum absolute atomic E-state index is 13.2. The lowest BCUT2D eigenvalue weighted by Gasteiger charge is -2.07. The third kappa shape index (κ3) is 5.27. The molecule has 0 atom stereocenters. The quantitative estimate of drug-likeness (QED) is 0.307. The number of carbonyl (C=O) groups is 2. The first-order valence-corrected chi connectivity index (χ1v) is 14.0. The van der Waals surface area contributed by atoms with Gasteiger partial charge in [-0.1, -0.05) is 6.07 Å². The topological polar surface area (TPSA) is 140 Å². The monoisotopic (exact) mass is 543 g/mol. The molecule has 0 aliphatic rings. The van der Waals surface area contributed by atoms with E-state index in [1.165, 1.54) is 12.1 Å². The van der Waals surface area contributed by atoms with Crippen LogP contribution in [0.5, 0.6) is 0 Å². The third-order valence-electron chi connectivity index (χ3n) is 5.97. The number of aromatic nitrogens is 5. The molecule has 1 aromatic carbocycles. The highest BCUT2D eigenvalue weighted by molar-refractivity contribution is 7.90. The number of carbonyl (C=O) groups excluding carboxylic acids is 2. The molecule has 5 rings (SSSR count). The second-order valence-corrected chi connectivity index (χ2v) is 10.8. The molecule has 0 spiro atoms. The number of pyridine rings is 2. The SMILES string of the molecule is CCNC(=O)c1c(-c2ccccn2)nc2c(C(=O)NCc3cnn(-c4ccc(S(C)(=O)=O)cc4)c3)cccn12. The Hall–Kier alpha value is -4.84. The van der Waals surface area contributed by atoms with Crippen molar-refractivity contribution in [3.05, 3.63) is 96.2 Å². The van der Waals surface area contributed by atoms with Gasteiger partial charge in [0.15, 0.2) is 15.5 Å². The van der Waals surface area contributed by atoms with Gasteiger partial charge in [-0.25, -0.2) is 18.1 Å². The summed E-state index contributed by atoms with van der Waals surface area (Å²) in [5.74, 6) is -0.689. The largest absolute Gasteiger partial charge is 0.351 e. The predicted molar refractivity (Wildman–Crippen MR) is 144 cm³/mol. The Bertz CT molecular complexity index is 1780. The number of amides is 2. The van der Waals surface area contributed by atoms with Gasteiger partial charge in [0.25, 0.3) is 11.8 Å². The minimum Gasteiger partial charge on any atom is -0.351 e. The summed E-state index contributed by atoms with van der Waals surface area (Å²) < 4.78 is 26.6. The molecule has 11 nitrogen and oxygen atoms in total. The van der Waals surface area contributed by atoms with E-state index >= 15 is 0 Å². The number of fused-ring (bicyclic) bond motifs is 1. The molecule has 39 heavy (non-hydrogen) atoms. The predicted octanol–water partition coefficient (Wildman–Crippen LogP) is 2.67. The average molecular weight is 544 g/mol. The second-order valence-electron chi connectivity index (χ2n) is 8.74. The van der Waals surface area contributed by atoms with Gasteiger partial charge in [-0.2, -0.15) is 5.10 Å². The van der Waals surface area contributed by atoms with E-state index in [9.17, 15) is 18.0 Å². The molecular weight excluding hydrogens is 518 g/mol. The minimum absolute atomic E-state index is 0.193. The number of nitrogens with one attached hydrogen (secondary N) is 2. The number of sulfone groups is 1. The smallest absolute Gasteiger partial charge is 0.270 e. The average Bonchev–Trinajstić information content (AvgIpc) is 3.57. The zero-order valence-corrected chi connectivity index (χ0v) is 22.0. The molecule has 2 N–H and O–H groups in total. The van der Waals surface area contributed by atoms with Gasteiger partial charge < -0.3 is 10.6 Å². The Balaban J connectivity index is 1.40. The van der Waals surface area contributed by atoms with Gasteiger partial charge in [-0.15, -0.1) is 0 Å².